The molecule has 1 atom stereocenters. The molecule has 0 aromatic heterocycles. The fourth-order valence-electron chi connectivity index (χ4n) is 2.59. The summed E-state index contributed by atoms with van der Waals surface area (Å²) in [5.74, 6) is 0.592. The summed E-state index contributed by atoms with van der Waals surface area (Å²) in [5, 5.41) is 0. The molecule has 0 amide bonds. The van der Waals surface area contributed by atoms with Gasteiger partial charge in [-0.25, -0.2) is 0 Å². The van der Waals surface area contributed by atoms with Crippen LogP contribution in [0.1, 0.15) is 45.1 Å². The van der Waals surface area contributed by atoms with Crippen LogP contribution in [-0.4, -0.2) is 6.54 Å². The Morgan fingerprint density at radius 1 is 0.900 bits per heavy atom. The van der Waals surface area contributed by atoms with Crippen molar-refractivity contribution in [2.24, 2.45) is 0 Å². The second-order valence-corrected chi connectivity index (χ2v) is 5.36. The van der Waals surface area contributed by atoms with Gasteiger partial charge in [-0.3, -0.25) is 0 Å². The minimum Gasteiger partial charge on any atom is -0.341 e. The van der Waals surface area contributed by atoms with Crippen LogP contribution in [0.4, 0.5) is 11.4 Å². The first kappa shape index (κ1) is 14.6. The van der Waals surface area contributed by atoms with Crippen LogP contribution < -0.4 is 4.90 Å². The number of hydrogen-bond acceptors (Lipinski definition) is 1. The Balaban J connectivity index is 2.45. The average Bonchev–Trinajstić information content (AvgIpc) is 2.53. The number of nitrogens with zero attached hydrogens (tertiary/aromatic N) is 1. The van der Waals surface area contributed by atoms with Gasteiger partial charge in [0, 0.05) is 17.9 Å². The van der Waals surface area contributed by atoms with Crippen molar-refractivity contribution in [1.29, 1.82) is 0 Å². The molecular formula is C19H25N. The summed E-state index contributed by atoms with van der Waals surface area (Å²) >= 11 is 0. The summed E-state index contributed by atoms with van der Waals surface area (Å²) in [4.78, 5) is 2.45. The van der Waals surface area contributed by atoms with Crippen LogP contribution in [0, 0.1) is 0 Å². The van der Waals surface area contributed by atoms with Crippen molar-refractivity contribution < 1.29 is 0 Å². The van der Waals surface area contributed by atoms with E-state index in [1.54, 1.807) is 0 Å². The Morgan fingerprint density at radius 3 is 2.20 bits per heavy atom. The third kappa shape index (κ3) is 3.22. The van der Waals surface area contributed by atoms with Crippen molar-refractivity contribution in [2.75, 3.05) is 11.4 Å². The SMILES string of the molecule is CCCN(c1ccccc1)c1ccccc1C(C)CC. The van der Waals surface area contributed by atoms with Gasteiger partial charge < -0.3 is 4.90 Å². The molecule has 0 aliphatic heterocycles. The van der Waals surface area contributed by atoms with Gasteiger partial charge in [0.15, 0.2) is 0 Å². The van der Waals surface area contributed by atoms with Crippen molar-refractivity contribution in [1.82, 2.24) is 0 Å². The zero-order valence-electron chi connectivity index (χ0n) is 12.8. The normalized spacial score (nSPS) is 12.2. The molecule has 20 heavy (non-hydrogen) atoms. The average molecular weight is 267 g/mol. The van der Waals surface area contributed by atoms with Crippen molar-refractivity contribution in [3.8, 4) is 0 Å². The quantitative estimate of drug-likeness (QED) is 0.644. The molecule has 0 heterocycles. The molecule has 0 radical (unpaired) electrons. The van der Waals surface area contributed by atoms with Crippen molar-refractivity contribution in [2.45, 2.75) is 39.5 Å². The molecule has 0 spiro atoms. The van der Waals surface area contributed by atoms with Gasteiger partial charge in [0.2, 0.25) is 0 Å². The van der Waals surface area contributed by atoms with E-state index in [4.69, 9.17) is 0 Å². The van der Waals surface area contributed by atoms with Gasteiger partial charge in [-0.15, -0.1) is 0 Å². The molecule has 2 aromatic rings. The van der Waals surface area contributed by atoms with Gasteiger partial charge >= 0.3 is 0 Å². The van der Waals surface area contributed by atoms with E-state index in [0.717, 1.165) is 13.0 Å². The lowest BCUT2D eigenvalue weighted by Gasteiger charge is -2.28. The minimum absolute atomic E-state index is 0.592. The van der Waals surface area contributed by atoms with Crippen molar-refractivity contribution in [3.63, 3.8) is 0 Å². The molecule has 106 valence electrons. The van der Waals surface area contributed by atoms with Gasteiger partial charge in [-0.1, -0.05) is 57.2 Å². The van der Waals surface area contributed by atoms with E-state index < -0.39 is 0 Å². The summed E-state index contributed by atoms with van der Waals surface area (Å²) in [6.07, 6.45) is 2.31. The Kier molecular flexibility index (Phi) is 5.23. The van der Waals surface area contributed by atoms with E-state index in [2.05, 4.69) is 80.3 Å². The molecule has 0 bridgehead atoms. The van der Waals surface area contributed by atoms with Crippen LogP contribution in [0.15, 0.2) is 54.6 Å². The Bertz CT molecular complexity index is 518. The molecule has 0 saturated carbocycles. The number of para-hydroxylation sites is 2. The van der Waals surface area contributed by atoms with Crippen LogP contribution in [0.25, 0.3) is 0 Å². The third-order valence-electron chi connectivity index (χ3n) is 3.89. The monoisotopic (exact) mass is 267 g/mol. The molecular weight excluding hydrogens is 242 g/mol. The Morgan fingerprint density at radius 2 is 1.55 bits per heavy atom. The van der Waals surface area contributed by atoms with Crippen LogP contribution in [-0.2, 0) is 0 Å². The third-order valence-corrected chi connectivity index (χ3v) is 3.89. The highest BCUT2D eigenvalue weighted by Crippen LogP contribution is 2.33. The highest BCUT2D eigenvalue weighted by molar-refractivity contribution is 5.67. The smallest absolute Gasteiger partial charge is 0.0446 e. The fraction of sp³-hybridized carbons (Fsp3) is 0.368. The summed E-state index contributed by atoms with van der Waals surface area (Å²) in [6, 6.07) is 19.5. The predicted octanol–water partition coefficient (Wildman–Crippen LogP) is 5.75. The number of anilines is 2. The second kappa shape index (κ2) is 7.14. The first-order valence-electron chi connectivity index (χ1n) is 7.69. The largest absolute Gasteiger partial charge is 0.341 e. The lowest BCUT2D eigenvalue weighted by Crippen LogP contribution is -2.19. The number of hydrogen-bond donors (Lipinski definition) is 0. The maximum atomic E-state index is 2.45. The zero-order valence-corrected chi connectivity index (χ0v) is 12.8. The van der Waals surface area contributed by atoms with E-state index >= 15 is 0 Å². The van der Waals surface area contributed by atoms with E-state index in [9.17, 15) is 0 Å². The summed E-state index contributed by atoms with van der Waals surface area (Å²) in [5.41, 5.74) is 4.09. The highest BCUT2D eigenvalue weighted by Gasteiger charge is 2.15. The lowest BCUT2D eigenvalue weighted by atomic mass is 9.96. The lowest BCUT2D eigenvalue weighted by molar-refractivity contribution is 0.728. The second-order valence-electron chi connectivity index (χ2n) is 5.36. The predicted molar refractivity (Wildman–Crippen MR) is 88.9 cm³/mol. The Hall–Kier alpha value is -1.76. The van der Waals surface area contributed by atoms with Crippen LogP contribution in [0.3, 0.4) is 0 Å². The highest BCUT2D eigenvalue weighted by atomic mass is 15.1. The summed E-state index contributed by atoms with van der Waals surface area (Å²) < 4.78 is 0. The molecule has 1 nitrogen and oxygen atoms in total. The molecule has 1 heteroatoms. The standard InChI is InChI=1S/C19H25N/c1-4-15-20(17-11-7-6-8-12-17)19-14-10-9-13-18(19)16(3)5-2/h6-14,16H,4-5,15H2,1-3H3. The number of benzene rings is 2. The first-order valence-corrected chi connectivity index (χ1v) is 7.69. The van der Waals surface area contributed by atoms with Gasteiger partial charge in [0.05, 0.1) is 0 Å². The van der Waals surface area contributed by atoms with Crippen molar-refractivity contribution in [3.05, 3.63) is 60.2 Å². The number of rotatable bonds is 6. The van der Waals surface area contributed by atoms with Gasteiger partial charge in [0.25, 0.3) is 0 Å². The molecule has 0 aliphatic carbocycles. The van der Waals surface area contributed by atoms with Gasteiger partial charge in [0.1, 0.15) is 0 Å². The maximum absolute atomic E-state index is 2.45. The van der Waals surface area contributed by atoms with Crippen LogP contribution in [0.2, 0.25) is 0 Å². The minimum atomic E-state index is 0.592. The topological polar surface area (TPSA) is 3.24 Å². The van der Waals surface area contributed by atoms with E-state index in [-0.39, 0.29) is 0 Å². The molecule has 2 aromatic carbocycles. The van der Waals surface area contributed by atoms with Crippen LogP contribution >= 0.6 is 0 Å². The zero-order chi connectivity index (χ0) is 14.4. The molecule has 0 aliphatic rings. The van der Waals surface area contributed by atoms with E-state index in [0.29, 0.717) is 5.92 Å². The van der Waals surface area contributed by atoms with E-state index in [1.807, 2.05) is 0 Å². The first-order chi connectivity index (χ1) is 9.77. The van der Waals surface area contributed by atoms with Gasteiger partial charge in [-0.05, 0) is 42.5 Å². The van der Waals surface area contributed by atoms with Crippen molar-refractivity contribution >= 4 is 11.4 Å². The summed E-state index contributed by atoms with van der Waals surface area (Å²) in [6.45, 7) is 7.86. The van der Waals surface area contributed by atoms with Crippen LogP contribution in [0.5, 0.6) is 0 Å². The maximum Gasteiger partial charge on any atom is 0.0446 e. The molecule has 2 rings (SSSR count). The molecule has 1 unspecified atom stereocenters. The fourth-order valence-corrected chi connectivity index (χ4v) is 2.59. The molecule has 0 saturated heterocycles. The van der Waals surface area contributed by atoms with E-state index in [1.165, 1.54) is 23.4 Å². The van der Waals surface area contributed by atoms with Gasteiger partial charge in [-0.2, -0.15) is 0 Å². The Labute approximate surface area is 123 Å². The summed E-state index contributed by atoms with van der Waals surface area (Å²) in [7, 11) is 0. The molecule has 0 N–H and O–H groups in total. The molecule has 0 fully saturated rings.